The van der Waals surface area contributed by atoms with Crippen molar-refractivity contribution in [3.63, 3.8) is 0 Å². The van der Waals surface area contributed by atoms with E-state index in [0.717, 1.165) is 7.11 Å². The minimum Gasteiger partial charge on any atom is -0.466 e. The second-order valence-corrected chi connectivity index (χ2v) is 5.39. The van der Waals surface area contributed by atoms with Crippen molar-refractivity contribution in [1.82, 2.24) is 0 Å². The number of ether oxygens (including phenoxy) is 1. The number of nitro groups is 1. The molecular weight excluding hydrogens is 315 g/mol. The Hall–Kier alpha value is -3.01. The van der Waals surface area contributed by atoms with E-state index in [2.05, 4.69) is 4.74 Å². The van der Waals surface area contributed by atoms with Crippen molar-refractivity contribution in [2.75, 3.05) is 7.11 Å². The summed E-state index contributed by atoms with van der Waals surface area (Å²) in [6, 6.07) is 5.00. The number of halogens is 1. The fourth-order valence-corrected chi connectivity index (χ4v) is 2.82. The van der Waals surface area contributed by atoms with Crippen LogP contribution in [0.4, 0.5) is 4.39 Å². The average molecular weight is 330 g/mol. The Balaban J connectivity index is 2.65. The zero-order valence-electron chi connectivity index (χ0n) is 13.2. The third-order valence-electron chi connectivity index (χ3n) is 3.96. The van der Waals surface area contributed by atoms with Crippen molar-refractivity contribution in [2.45, 2.75) is 19.4 Å². The fraction of sp³-hybridized carbons (Fsp3) is 0.294. The van der Waals surface area contributed by atoms with Crippen LogP contribution in [0.25, 0.3) is 5.57 Å². The Bertz CT molecular complexity index is 772. The Morgan fingerprint density at radius 1 is 1.50 bits per heavy atom. The molecule has 1 aromatic carbocycles. The second-order valence-electron chi connectivity index (χ2n) is 5.39. The van der Waals surface area contributed by atoms with Crippen LogP contribution in [0.2, 0.25) is 0 Å². The number of nitrogens with zero attached hydrogens (tertiary/aromatic N) is 2. The van der Waals surface area contributed by atoms with E-state index < -0.39 is 28.7 Å². The molecule has 0 amide bonds. The van der Waals surface area contributed by atoms with Crippen LogP contribution in [0.3, 0.4) is 0 Å². The third kappa shape index (κ3) is 3.18. The lowest BCUT2D eigenvalue weighted by Gasteiger charge is -2.24. The first-order valence-corrected chi connectivity index (χ1v) is 7.18. The molecule has 0 saturated heterocycles. The van der Waals surface area contributed by atoms with Gasteiger partial charge in [0.2, 0.25) is 6.04 Å². The third-order valence-corrected chi connectivity index (χ3v) is 3.96. The van der Waals surface area contributed by atoms with Crippen molar-refractivity contribution < 1.29 is 18.8 Å². The molecule has 0 aromatic heterocycles. The van der Waals surface area contributed by atoms with Gasteiger partial charge in [-0.15, -0.1) is 0 Å². The van der Waals surface area contributed by atoms with Crippen molar-refractivity contribution in [3.05, 3.63) is 63.0 Å². The van der Waals surface area contributed by atoms with Crippen LogP contribution in [0, 0.1) is 40.1 Å². The zero-order chi connectivity index (χ0) is 17.9. The van der Waals surface area contributed by atoms with Crippen LogP contribution in [0.15, 0.2) is 35.9 Å². The Morgan fingerprint density at radius 3 is 2.75 bits per heavy atom. The molecule has 2 atom stereocenters. The number of hydrogen-bond donors (Lipinski definition) is 0. The largest absolute Gasteiger partial charge is 0.466 e. The molecule has 6 nitrogen and oxygen atoms in total. The maximum absolute atomic E-state index is 14.2. The first-order valence-electron chi connectivity index (χ1n) is 7.18. The quantitative estimate of drug-likeness (QED) is 0.481. The summed E-state index contributed by atoms with van der Waals surface area (Å²) in [5.74, 6) is -2.24. The molecule has 0 fully saturated rings. The number of carbonyl (C=O) groups excluding carboxylic acids is 1. The molecule has 0 heterocycles. The lowest BCUT2D eigenvalue weighted by molar-refractivity contribution is -0.516. The first kappa shape index (κ1) is 17.3. The summed E-state index contributed by atoms with van der Waals surface area (Å²) in [7, 11) is 1.15. The van der Waals surface area contributed by atoms with Crippen LogP contribution in [0.1, 0.15) is 17.5 Å². The summed E-state index contributed by atoms with van der Waals surface area (Å²) >= 11 is 0. The van der Waals surface area contributed by atoms with Gasteiger partial charge in [0.1, 0.15) is 5.82 Å². The normalized spacial score (nSPS) is 19.8. The van der Waals surface area contributed by atoms with E-state index in [-0.39, 0.29) is 23.1 Å². The van der Waals surface area contributed by atoms with Crippen LogP contribution in [-0.4, -0.2) is 24.0 Å². The highest BCUT2D eigenvalue weighted by Gasteiger charge is 2.39. The van der Waals surface area contributed by atoms with E-state index in [0.29, 0.717) is 5.56 Å². The molecule has 0 saturated carbocycles. The molecule has 0 radical (unpaired) electrons. The number of esters is 1. The van der Waals surface area contributed by atoms with E-state index in [1.807, 2.05) is 6.07 Å². The lowest BCUT2D eigenvalue weighted by Crippen LogP contribution is -2.34. The van der Waals surface area contributed by atoms with E-state index in [9.17, 15) is 19.3 Å². The Kier molecular flexibility index (Phi) is 5.09. The van der Waals surface area contributed by atoms with Crippen molar-refractivity contribution >= 4 is 11.5 Å². The Morgan fingerprint density at radius 2 is 2.21 bits per heavy atom. The molecule has 0 aliphatic heterocycles. The predicted molar refractivity (Wildman–Crippen MR) is 83.7 cm³/mol. The summed E-state index contributed by atoms with van der Waals surface area (Å²) < 4.78 is 18.9. The van der Waals surface area contributed by atoms with Gasteiger partial charge in [-0.05, 0) is 36.3 Å². The van der Waals surface area contributed by atoms with Gasteiger partial charge >= 0.3 is 5.97 Å². The van der Waals surface area contributed by atoms with E-state index in [1.165, 1.54) is 24.3 Å². The predicted octanol–water partition coefficient (Wildman–Crippen LogP) is 2.81. The number of nitriles is 1. The fourth-order valence-electron chi connectivity index (χ4n) is 2.82. The van der Waals surface area contributed by atoms with E-state index in [4.69, 9.17) is 5.26 Å². The Labute approximate surface area is 138 Å². The number of rotatable bonds is 4. The molecule has 0 bridgehead atoms. The minimum atomic E-state index is -1.31. The number of benzene rings is 1. The van der Waals surface area contributed by atoms with Gasteiger partial charge in [0.15, 0.2) is 0 Å². The van der Waals surface area contributed by atoms with Gasteiger partial charge in [-0.3, -0.25) is 10.1 Å². The maximum Gasteiger partial charge on any atom is 0.334 e. The molecule has 24 heavy (non-hydrogen) atoms. The summed E-state index contributed by atoms with van der Waals surface area (Å²) in [4.78, 5) is 22.9. The van der Waals surface area contributed by atoms with Gasteiger partial charge in [-0.1, -0.05) is 12.1 Å². The summed E-state index contributed by atoms with van der Waals surface area (Å²) in [6.45, 7) is 1.67. The number of carbonyl (C=O) groups is 1. The van der Waals surface area contributed by atoms with Crippen LogP contribution < -0.4 is 0 Å². The topological polar surface area (TPSA) is 93.2 Å². The first-order chi connectivity index (χ1) is 11.4. The molecule has 0 N–H and O–H groups in total. The van der Waals surface area contributed by atoms with Gasteiger partial charge in [0, 0.05) is 22.5 Å². The minimum absolute atomic E-state index is 0.000836. The zero-order valence-corrected chi connectivity index (χ0v) is 13.2. The standard InChI is InChI=1S/C17H15FN2O4/c1-10-4-3-5-14(18)16(10)11-8-13(17(21)24-2)12(6-7-19)15(9-11)20(22)23/h3-5,8-9,12,15H,6H2,1-2H3. The highest BCUT2D eigenvalue weighted by molar-refractivity contribution is 5.95. The second kappa shape index (κ2) is 7.04. The number of aryl methyl sites for hydroxylation is 1. The number of methoxy groups -OCH3 is 1. The van der Waals surface area contributed by atoms with E-state index >= 15 is 0 Å². The van der Waals surface area contributed by atoms with Crippen molar-refractivity contribution in [2.24, 2.45) is 5.92 Å². The summed E-state index contributed by atoms with van der Waals surface area (Å²) in [5, 5.41) is 20.4. The molecule has 2 rings (SSSR count). The van der Waals surface area contributed by atoms with Gasteiger partial charge in [-0.2, -0.15) is 5.26 Å². The van der Waals surface area contributed by atoms with Crippen LogP contribution in [-0.2, 0) is 9.53 Å². The highest BCUT2D eigenvalue weighted by Crippen LogP contribution is 2.35. The van der Waals surface area contributed by atoms with Gasteiger partial charge in [0.05, 0.1) is 19.1 Å². The van der Waals surface area contributed by atoms with Gasteiger partial charge in [0.25, 0.3) is 0 Å². The molecule has 2 unspecified atom stereocenters. The molecule has 7 heteroatoms. The van der Waals surface area contributed by atoms with Crippen LogP contribution >= 0.6 is 0 Å². The van der Waals surface area contributed by atoms with Crippen LogP contribution in [0.5, 0.6) is 0 Å². The maximum atomic E-state index is 14.2. The number of allylic oxidation sites excluding steroid dienone is 2. The molecule has 1 aromatic rings. The molecule has 0 spiro atoms. The molecular formula is C17H15FN2O4. The molecule has 1 aliphatic rings. The van der Waals surface area contributed by atoms with Crippen molar-refractivity contribution in [1.29, 1.82) is 5.26 Å². The van der Waals surface area contributed by atoms with Gasteiger partial charge < -0.3 is 4.74 Å². The number of hydrogen-bond acceptors (Lipinski definition) is 5. The lowest BCUT2D eigenvalue weighted by atomic mass is 9.80. The SMILES string of the molecule is COC(=O)C1=CC(c2c(C)cccc2F)=CC([N+](=O)[O-])C1CC#N. The highest BCUT2D eigenvalue weighted by atomic mass is 19.1. The van der Waals surface area contributed by atoms with Crippen molar-refractivity contribution in [3.8, 4) is 6.07 Å². The summed E-state index contributed by atoms with van der Waals surface area (Å²) in [6.07, 6.45) is 2.45. The smallest absolute Gasteiger partial charge is 0.334 e. The molecule has 1 aliphatic carbocycles. The van der Waals surface area contributed by atoms with E-state index in [1.54, 1.807) is 13.0 Å². The average Bonchev–Trinajstić information content (AvgIpc) is 2.54. The summed E-state index contributed by atoms with van der Waals surface area (Å²) in [5.41, 5.74) is 1.02. The van der Waals surface area contributed by atoms with Gasteiger partial charge in [-0.25, -0.2) is 9.18 Å². The monoisotopic (exact) mass is 330 g/mol. The molecule has 124 valence electrons.